The minimum atomic E-state index is 0.222. The molecule has 1 aliphatic heterocycles. The summed E-state index contributed by atoms with van der Waals surface area (Å²) < 4.78 is 11.3. The molecule has 21 heavy (non-hydrogen) atoms. The van der Waals surface area contributed by atoms with Gasteiger partial charge >= 0.3 is 0 Å². The highest BCUT2D eigenvalue weighted by molar-refractivity contribution is 5.55. The molecule has 0 bridgehead atoms. The summed E-state index contributed by atoms with van der Waals surface area (Å²) in [6.07, 6.45) is 1.11. The highest BCUT2D eigenvalue weighted by Gasteiger charge is 2.24. The van der Waals surface area contributed by atoms with E-state index in [2.05, 4.69) is 22.0 Å². The molecule has 3 rings (SSSR count). The van der Waals surface area contributed by atoms with Crippen molar-refractivity contribution in [1.29, 1.82) is 0 Å². The van der Waals surface area contributed by atoms with Crippen LogP contribution in [0.15, 0.2) is 14.9 Å². The average Bonchev–Trinajstić information content (AvgIpc) is 3.00. The summed E-state index contributed by atoms with van der Waals surface area (Å²) in [6.45, 7) is 8.57. The summed E-state index contributed by atoms with van der Waals surface area (Å²) in [5.74, 6) is 3.38. The first-order valence-corrected chi connectivity index (χ1v) is 7.40. The Morgan fingerprint density at radius 1 is 1.33 bits per heavy atom. The van der Waals surface area contributed by atoms with Gasteiger partial charge in [0.15, 0.2) is 0 Å². The summed E-state index contributed by atoms with van der Waals surface area (Å²) in [4.78, 5) is 2.27. The van der Waals surface area contributed by atoms with Gasteiger partial charge in [0.25, 0.3) is 5.89 Å². The minimum Gasteiger partial charge on any atom is -0.466 e. The molecule has 0 aliphatic carbocycles. The van der Waals surface area contributed by atoms with Crippen molar-refractivity contribution in [2.45, 2.75) is 39.8 Å². The van der Waals surface area contributed by atoms with Gasteiger partial charge in [0.1, 0.15) is 11.5 Å². The van der Waals surface area contributed by atoms with Crippen molar-refractivity contribution in [1.82, 2.24) is 15.1 Å². The number of hydrogen-bond acceptors (Lipinski definition) is 6. The fourth-order valence-corrected chi connectivity index (χ4v) is 2.77. The number of nitrogens with two attached hydrogens (primary N) is 1. The van der Waals surface area contributed by atoms with Crippen molar-refractivity contribution < 1.29 is 8.83 Å². The molecule has 0 spiro atoms. The van der Waals surface area contributed by atoms with Crippen molar-refractivity contribution >= 4 is 0 Å². The van der Waals surface area contributed by atoms with Gasteiger partial charge in [-0.3, -0.25) is 4.90 Å². The Hall–Kier alpha value is -1.66. The zero-order valence-electron chi connectivity index (χ0n) is 12.8. The zero-order chi connectivity index (χ0) is 15.0. The quantitative estimate of drug-likeness (QED) is 0.932. The summed E-state index contributed by atoms with van der Waals surface area (Å²) in [6, 6.07) is 2.14. The number of rotatable bonds is 3. The molecule has 1 aliphatic rings. The molecule has 1 saturated heterocycles. The Kier molecular flexibility index (Phi) is 3.82. The summed E-state index contributed by atoms with van der Waals surface area (Å²) in [7, 11) is 0. The molecular formula is C15H22N4O2. The lowest BCUT2D eigenvalue weighted by molar-refractivity contribution is 0.150. The van der Waals surface area contributed by atoms with E-state index in [-0.39, 0.29) is 6.04 Å². The predicted molar refractivity (Wildman–Crippen MR) is 78.5 cm³/mol. The van der Waals surface area contributed by atoms with Crippen LogP contribution in [0.5, 0.6) is 0 Å². The molecule has 1 fully saturated rings. The van der Waals surface area contributed by atoms with E-state index >= 15 is 0 Å². The highest BCUT2D eigenvalue weighted by Crippen LogP contribution is 2.26. The maximum atomic E-state index is 6.12. The van der Waals surface area contributed by atoms with Crippen molar-refractivity contribution in [3.8, 4) is 11.5 Å². The van der Waals surface area contributed by atoms with Crippen LogP contribution in [0.3, 0.4) is 0 Å². The highest BCUT2D eigenvalue weighted by atomic mass is 16.4. The van der Waals surface area contributed by atoms with Crippen molar-refractivity contribution in [2.24, 2.45) is 11.7 Å². The van der Waals surface area contributed by atoms with Crippen molar-refractivity contribution in [2.75, 3.05) is 13.1 Å². The molecule has 2 aromatic rings. The lowest BCUT2D eigenvalue weighted by Crippen LogP contribution is -2.47. The van der Waals surface area contributed by atoms with Crippen LogP contribution in [0.2, 0.25) is 0 Å². The Morgan fingerprint density at radius 2 is 2.14 bits per heavy atom. The molecule has 6 heteroatoms. The summed E-state index contributed by atoms with van der Waals surface area (Å²) >= 11 is 0. The summed E-state index contributed by atoms with van der Waals surface area (Å²) in [5, 5.41) is 8.27. The molecule has 0 radical (unpaired) electrons. The van der Waals surface area contributed by atoms with Crippen LogP contribution in [-0.2, 0) is 6.54 Å². The lowest BCUT2D eigenvalue weighted by atomic mass is 9.94. The van der Waals surface area contributed by atoms with Crippen molar-refractivity contribution in [3.63, 3.8) is 0 Å². The lowest BCUT2D eigenvalue weighted by Gasteiger charge is -2.34. The van der Waals surface area contributed by atoms with Crippen LogP contribution in [0.1, 0.15) is 30.8 Å². The molecule has 2 N–H and O–H groups in total. The molecule has 0 amide bonds. The summed E-state index contributed by atoms with van der Waals surface area (Å²) in [5.41, 5.74) is 6.99. The van der Waals surface area contributed by atoms with E-state index in [1.807, 2.05) is 19.9 Å². The van der Waals surface area contributed by atoms with Gasteiger partial charge in [-0.2, -0.15) is 0 Å². The number of likely N-dealkylation sites (tertiary alicyclic amines) is 1. The Bertz CT molecular complexity index is 619. The predicted octanol–water partition coefficient (Wildman–Crippen LogP) is 2.12. The van der Waals surface area contributed by atoms with Gasteiger partial charge in [0.2, 0.25) is 5.89 Å². The van der Waals surface area contributed by atoms with Gasteiger partial charge in [0.05, 0.1) is 12.1 Å². The normalized spacial score (nSPS) is 23.6. The Morgan fingerprint density at radius 3 is 2.81 bits per heavy atom. The largest absolute Gasteiger partial charge is 0.466 e. The number of hydrogen-bond donors (Lipinski definition) is 1. The van der Waals surface area contributed by atoms with E-state index < -0.39 is 0 Å². The average molecular weight is 290 g/mol. The smallest absolute Gasteiger partial charge is 0.251 e. The number of aryl methyl sites for hydroxylation is 2. The molecule has 3 heterocycles. The molecular weight excluding hydrogens is 268 g/mol. The van der Waals surface area contributed by atoms with Gasteiger partial charge in [0, 0.05) is 12.6 Å². The van der Waals surface area contributed by atoms with Gasteiger partial charge in [-0.15, -0.1) is 10.2 Å². The van der Waals surface area contributed by atoms with Gasteiger partial charge in [-0.25, -0.2) is 0 Å². The topological polar surface area (TPSA) is 81.3 Å². The second-order valence-electron chi connectivity index (χ2n) is 5.99. The first-order chi connectivity index (χ1) is 10.0. The first kappa shape index (κ1) is 14.3. The van der Waals surface area contributed by atoms with Gasteiger partial charge in [-0.05, 0) is 38.8 Å². The maximum Gasteiger partial charge on any atom is 0.251 e. The molecule has 2 aromatic heterocycles. The second kappa shape index (κ2) is 5.61. The standard InChI is InChI=1S/C15H22N4O2/c1-9-4-5-19(7-13(9)16)8-14-17-18-15(21-14)12-6-10(2)20-11(12)3/h6,9,13H,4-5,7-8,16H2,1-3H3. The maximum absolute atomic E-state index is 6.12. The molecule has 2 unspecified atom stereocenters. The van der Waals surface area contributed by atoms with Crippen molar-refractivity contribution in [3.05, 3.63) is 23.5 Å². The third kappa shape index (κ3) is 3.01. The van der Waals surface area contributed by atoms with Crippen LogP contribution in [0.25, 0.3) is 11.5 Å². The van der Waals surface area contributed by atoms with Crippen LogP contribution < -0.4 is 5.73 Å². The fourth-order valence-electron chi connectivity index (χ4n) is 2.77. The molecule has 0 saturated carbocycles. The van der Waals surface area contributed by atoms with Crippen LogP contribution >= 0.6 is 0 Å². The second-order valence-corrected chi connectivity index (χ2v) is 5.99. The molecule has 6 nitrogen and oxygen atoms in total. The van der Waals surface area contributed by atoms with Gasteiger partial charge < -0.3 is 14.6 Å². The van der Waals surface area contributed by atoms with E-state index in [1.165, 1.54) is 0 Å². The van der Waals surface area contributed by atoms with E-state index in [4.69, 9.17) is 14.6 Å². The molecule has 2 atom stereocenters. The van der Waals surface area contributed by atoms with E-state index in [0.717, 1.165) is 36.6 Å². The number of furan rings is 1. The number of nitrogens with zero attached hydrogens (tertiary/aromatic N) is 3. The first-order valence-electron chi connectivity index (χ1n) is 7.40. The van der Waals surface area contributed by atoms with Gasteiger partial charge in [-0.1, -0.05) is 6.92 Å². The number of piperidine rings is 1. The monoisotopic (exact) mass is 290 g/mol. The zero-order valence-corrected chi connectivity index (χ0v) is 12.8. The number of aromatic nitrogens is 2. The Balaban J connectivity index is 1.70. The van der Waals surface area contributed by atoms with Crippen LogP contribution in [-0.4, -0.2) is 34.2 Å². The van der Waals surface area contributed by atoms with E-state index in [1.54, 1.807) is 0 Å². The molecule has 0 aromatic carbocycles. The fraction of sp³-hybridized carbons (Fsp3) is 0.600. The SMILES string of the molecule is Cc1cc(-c2nnc(CN3CCC(C)C(N)C3)o2)c(C)o1. The third-order valence-electron chi connectivity index (χ3n) is 4.20. The van der Waals surface area contributed by atoms with Crippen LogP contribution in [0.4, 0.5) is 0 Å². The molecule has 114 valence electrons. The van der Waals surface area contributed by atoms with E-state index in [0.29, 0.717) is 24.2 Å². The third-order valence-corrected chi connectivity index (χ3v) is 4.20. The Labute approximate surface area is 124 Å². The van der Waals surface area contributed by atoms with Crippen LogP contribution in [0, 0.1) is 19.8 Å². The van der Waals surface area contributed by atoms with E-state index in [9.17, 15) is 0 Å². The minimum absolute atomic E-state index is 0.222.